The lowest BCUT2D eigenvalue weighted by Gasteiger charge is -2.61. The Kier molecular flexibility index (Phi) is 4.72. The van der Waals surface area contributed by atoms with Gasteiger partial charge in [-0.3, -0.25) is 24.3 Å². The van der Waals surface area contributed by atoms with Crippen molar-refractivity contribution in [3.05, 3.63) is 39.4 Å². The molecular formula is C20H25BrN6O3. The van der Waals surface area contributed by atoms with E-state index in [4.69, 9.17) is 0 Å². The minimum atomic E-state index is -0.384. The summed E-state index contributed by atoms with van der Waals surface area (Å²) in [7, 11) is 0. The summed E-state index contributed by atoms with van der Waals surface area (Å²) < 4.78 is 4.58. The van der Waals surface area contributed by atoms with Gasteiger partial charge in [0.1, 0.15) is 12.4 Å². The Hall–Kier alpha value is -2.23. The fourth-order valence-corrected chi connectivity index (χ4v) is 7.05. The second-order valence-electron chi connectivity index (χ2n) is 9.53. The van der Waals surface area contributed by atoms with E-state index in [-0.39, 0.29) is 27.5 Å². The van der Waals surface area contributed by atoms with Crippen molar-refractivity contribution >= 4 is 27.5 Å². The van der Waals surface area contributed by atoms with Gasteiger partial charge in [0.15, 0.2) is 0 Å². The summed E-state index contributed by atoms with van der Waals surface area (Å²) in [6.07, 6.45) is 13.4. The van der Waals surface area contributed by atoms with Gasteiger partial charge in [-0.2, -0.15) is 10.2 Å². The molecular weight excluding hydrogens is 452 g/mol. The van der Waals surface area contributed by atoms with Crippen molar-refractivity contribution in [3.63, 3.8) is 0 Å². The van der Waals surface area contributed by atoms with Gasteiger partial charge in [0.2, 0.25) is 5.91 Å². The van der Waals surface area contributed by atoms with Crippen molar-refractivity contribution in [2.75, 3.05) is 6.54 Å². The van der Waals surface area contributed by atoms with Gasteiger partial charge in [-0.1, -0.05) is 0 Å². The van der Waals surface area contributed by atoms with Crippen LogP contribution in [0, 0.1) is 27.4 Å². The van der Waals surface area contributed by atoms with Gasteiger partial charge in [-0.15, -0.1) is 0 Å². The third-order valence-electron chi connectivity index (χ3n) is 7.22. The molecule has 2 heterocycles. The van der Waals surface area contributed by atoms with Crippen LogP contribution in [0.4, 0.5) is 5.69 Å². The molecule has 2 atom stereocenters. The standard InChI is InChI=1S/C20H25BrN6O3/c21-16-9-23-25(11-16)2-1-22-18(28)8-19-4-14-3-15(5-19)7-20(6-14,13-19)26-12-17(10-24-26)27(29)30/h9-12,14-15H,1-8,13H2,(H,22,28). The highest BCUT2D eigenvalue weighted by molar-refractivity contribution is 9.10. The molecule has 0 radical (unpaired) electrons. The van der Waals surface area contributed by atoms with E-state index < -0.39 is 0 Å². The van der Waals surface area contributed by atoms with E-state index in [0.717, 1.165) is 36.6 Å². The predicted molar refractivity (Wildman–Crippen MR) is 112 cm³/mol. The van der Waals surface area contributed by atoms with Crippen LogP contribution in [-0.4, -0.2) is 36.9 Å². The van der Waals surface area contributed by atoms with Crippen molar-refractivity contribution in [1.82, 2.24) is 24.9 Å². The number of rotatable bonds is 7. The Bertz CT molecular complexity index is 971. The Morgan fingerprint density at radius 2 is 2.00 bits per heavy atom. The van der Waals surface area contributed by atoms with Crippen molar-refractivity contribution in [2.45, 2.75) is 57.0 Å². The average molecular weight is 477 g/mol. The fourth-order valence-electron chi connectivity index (χ4n) is 6.72. The number of carbonyl (C=O) groups excluding carboxylic acids is 1. The molecule has 0 aliphatic heterocycles. The Morgan fingerprint density at radius 3 is 2.63 bits per heavy atom. The summed E-state index contributed by atoms with van der Waals surface area (Å²) in [4.78, 5) is 23.6. The van der Waals surface area contributed by atoms with E-state index in [2.05, 4.69) is 31.4 Å². The van der Waals surface area contributed by atoms with Crippen LogP contribution in [0.1, 0.15) is 44.9 Å². The molecule has 4 fully saturated rings. The summed E-state index contributed by atoms with van der Waals surface area (Å²) in [6, 6.07) is 0. The highest BCUT2D eigenvalue weighted by Gasteiger charge is 2.59. The first-order valence-electron chi connectivity index (χ1n) is 10.5. The van der Waals surface area contributed by atoms with Crippen LogP contribution in [0.2, 0.25) is 0 Å². The minimum absolute atomic E-state index is 0.0242. The first-order valence-corrected chi connectivity index (χ1v) is 11.3. The molecule has 0 spiro atoms. The van der Waals surface area contributed by atoms with Crippen molar-refractivity contribution < 1.29 is 9.72 Å². The number of halogens is 1. The maximum Gasteiger partial charge on any atom is 0.307 e. The van der Waals surface area contributed by atoms with Crippen LogP contribution in [-0.2, 0) is 16.9 Å². The number of aromatic nitrogens is 4. The predicted octanol–water partition coefficient (Wildman–Crippen LogP) is 3.25. The molecule has 2 aromatic heterocycles. The lowest BCUT2D eigenvalue weighted by molar-refractivity contribution is -0.385. The van der Waals surface area contributed by atoms with E-state index in [9.17, 15) is 14.9 Å². The molecule has 4 aliphatic carbocycles. The monoisotopic (exact) mass is 476 g/mol. The number of carbonyl (C=O) groups is 1. The number of amides is 1. The van der Waals surface area contributed by atoms with Crippen LogP contribution in [0.3, 0.4) is 0 Å². The summed E-state index contributed by atoms with van der Waals surface area (Å²) in [5, 5.41) is 22.8. The quantitative estimate of drug-likeness (QED) is 0.487. The van der Waals surface area contributed by atoms with E-state index >= 15 is 0 Å². The van der Waals surface area contributed by atoms with Crippen LogP contribution < -0.4 is 5.32 Å². The van der Waals surface area contributed by atoms with Gasteiger partial charge in [-0.05, 0) is 71.7 Å². The summed E-state index contributed by atoms with van der Waals surface area (Å²) in [6.45, 7) is 1.18. The van der Waals surface area contributed by atoms with Crippen LogP contribution >= 0.6 is 15.9 Å². The van der Waals surface area contributed by atoms with E-state index in [0.29, 0.717) is 31.3 Å². The average Bonchev–Trinajstić information content (AvgIpc) is 3.30. The van der Waals surface area contributed by atoms with Gasteiger partial charge in [0.25, 0.3) is 0 Å². The molecule has 6 rings (SSSR count). The molecule has 30 heavy (non-hydrogen) atoms. The largest absolute Gasteiger partial charge is 0.354 e. The molecule has 4 aliphatic rings. The fraction of sp³-hybridized carbons (Fsp3) is 0.650. The van der Waals surface area contributed by atoms with Crippen LogP contribution in [0.5, 0.6) is 0 Å². The second-order valence-corrected chi connectivity index (χ2v) is 10.4. The molecule has 2 aromatic rings. The third kappa shape index (κ3) is 3.55. The highest BCUT2D eigenvalue weighted by Crippen LogP contribution is 2.65. The van der Waals surface area contributed by atoms with Crippen molar-refractivity contribution in [2.24, 2.45) is 17.3 Å². The number of hydrogen-bond acceptors (Lipinski definition) is 5. The van der Waals surface area contributed by atoms with Gasteiger partial charge in [0, 0.05) is 19.2 Å². The van der Waals surface area contributed by atoms with Crippen LogP contribution in [0.15, 0.2) is 29.3 Å². The molecule has 1 N–H and O–H groups in total. The molecule has 2 unspecified atom stereocenters. The lowest BCUT2D eigenvalue weighted by Crippen LogP contribution is -2.57. The Morgan fingerprint density at radius 1 is 1.23 bits per heavy atom. The number of nitro groups is 1. The van der Waals surface area contributed by atoms with E-state index in [1.807, 2.05) is 10.9 Å². The van der Waals surface area contributed by atoms with Gasteiger partial charge in [-0.25, -0.2) is 0 Å². The van der Waals surface area contributed by atoms with E-state index in [1.165, 1.54) is 12.6 Å². The number of nitrogens with zero attached hydrogens (tertiary/aromatic N) is 5. The Labute approximate surface area is 182 Å². The zero-order chi connectivity index (χ0) is 20.9. The topological polar surface area (TPSA) is 108 Å². The van der Waals surface area contributed by atoms with Crippen LogP contribution in [0.25, 0.3) is 0 Å². The molecule has 160 valence electrons. The molecule has 10 heteroatoms. The summed E-state index contributed by atoms with van der Waals surface area (Å²) in [5.41, 5.74) is -0.161. The first kappa shape index (κ1) is 19.7. The lowest BCUT2D eigenvalue weighted by atomic mass is 9.46. The third-order valence-corrected chi connectivity index (χ3v) is 7.63. The van der Waals surface area contributed by atoms with Gasteiger partial charge >= 0.3 is 5.69 Å². The molecule has 4 saturated carbocycles. The van der Waals surface area contributed by atoms with Crippen molar-refractivity contribution in [1.29, 1.82) is 0 Å². The maximum absolute atomic E-state index is 12.8. The maximum atomic E-state index is 12.8. The van der Waals surface area contributed by atoms with Gasteiger partial charge < -0.3 is 5.32 Å². The van der Waals surface area contributed by atoms with Crippen molar-refractivity contribution in [3.8, 4) is 0 Å². The zero-order valence-electron chi connectivity index (χ0n) is 16.7. The molecule has 0 aromatic carbocycles. The second kappa shape index (κ2) is 7.18. The summed E-state index contributed by atoms with van der Waals surface area (Å²) in [5.74, 6) is 1.23. The molecule has 0 saturated heterocycles. The number of nitrogens with one attached hydrogen (secondary N) is 1. The summed E-state index contributed by atoms with van der Waals surface area (Å²) >= 11 is 3.38. The molecule has 4 bridgehead atoms. The SMILES string of the molecule is O=C(CC12CC3CC(C1)CC(n1cc([N+](=O)[O-])cn1)(C3)C2)NCCn1cc(Br)cn1. The molecule has 9 nitrogen and oxygen atoms in total. The molecule has 1 amide bonds. The minimum Gasteiger partial charge on any atom is -0.354 e. The first-order chi connectivity index (χ1) is 14.3. The highest BCUT2D eigenvalue weighted by atomic mass is 79.9. The normalized spacial score (nSPS) is 31.8. The smallest absolute Gasteiger partial charge is 0.307 e. The van der Waals surface area contributed by atoms with E-state index in [1.54, 1.807) is 17.1 Å². The Balaban J connectivity index is 1.28. The van der Waals surface area contributed by atoms with Gasteiger partial charge in [0.05, 0.1) is 27.7 Å². The number of hydrogen-bond donors (Lipinski definition) is 1. The zero-order valence-corrected chi connectivity index (χ0v) is 18.3.